The van der Waals surface area contributed by atoms with Crippen molar-refractivity contribution in [2.45, 2.75) is 38.9 Å². The molecule has 0 spiro atoms. The Hall–Kier alpha value is -3.12. The van der Waals surface area contributed by atoms with Crippen LogP contribution in [0.4, 0.5) is 0 Å². The Kier molecular flexibility index (Phi) is 7.34. The lowest BCUT2D eigenvalue weighted by Gasteiger charge is -2.26. The third-order valence-electron chi connectivity index (χ3n) is 5.66. The summed E-state index contributed by atoms with van der Waals surface area (Å²) in [5, 5.41) is 11.4. The van der Waals surface area contributed by atoms with Gasteiger partial charge in [-0.2, -0.15) is 5.10 Å². The molecular formula is C25H32N6. The van der Waals surface area contributed by atoms with Crippen molar-refractivity contribution in [1.29, 1.82) is 0 Å². The molecule has 2 aromatic carbocycles. The van der Waals surface area contributed by atoms with Gasteiger partial charge in [-0.15, -0.1) is 0 Å². The monoisotopic (exact) mass is 416 g/mol. The highest BCUT2D eigenvalue weighted by Gasteiger charge is 2.10. The smallest absolute Gasteiger partial charge is 0.191 e. The standard InChI is InChI=1S/C25H32N6/c1-26-25(28-19-23-14-17-31(29-23)24-8-4-2-5-9-24)27-18-21-10-12-22(13-11-21)20-30-15-6-3-7-16-30/h2,4-5,8-14,17H,3,6-7,15-16,18-20H2,1H3,(H2,26,27,28). The zero-order valence-corrected chi connectivity index (χ0v) is 18.3. The van der Waals surface area contributed by atoms with Gasteiger partial charge in [0.15, 0.2) is 5.96 Å². The summed E-state index contributed by atoms with van der Waals surface area (Å²) >= 11 is 0. The largest absolute Gasteiger partial charge is 0.352 e. The first-order valence-corrected chi connectivity index (χ1v) is 11.1. The number of nitrogens with one attached hydrogen (secondary N) is 2. The maximum Gasteiger partial charge on any atom is 0.191 e. The first-order valence-electron chi connectivity index (χ1n) is 11.1. The molecular weight excluding hydrogens is 384 g/mol. The normalized spacial score (nSPS) is 15.1. The van der Waals surface area contributed by atoms with Crippen molar-refractivity contribution in [3.63, 3.8) is 0 Å². The van der Waals surface area contributed by atoms with Crippen LogP contribution in [-0.4, -0.2) is 40.8 Å². The number of aliphatic imine (C=N–C) groups is 1. The number of rotatable bonds is 7. The number of guanidine groups is 1. The first-order chi connectivity index (χ1) is 15.3. The number of nitrogens with zero attached hydrogens (tertiary/aromatic N) is 4. The number of piperidine rings is 1. The molecule has 3 aromatic rings. The van der Waals surface area contributed by atoms with Crippen molar-refractivity contribution in [2.75, 3.05) is 20.1 Å². The Morgan fingerprint density at radius 3 is 2.32 bits per heavy atom. The number of aromatic nitrogens is 2. The lowest BCUT2D eigenvalue weighted by molar-refractivity contribution is 0.221. The lowest BCUT2D eigenvalue weighted by Crippen LogP contribution is -2.36. The SMILES string of the molecule is CN=C(NCc1ccc(CN2CCCCC2)cc1)NCc1ccn(-c2ccccc2)n1. The van der Waals surface area contributed by atoms with Crippen LogP contribution in [0.15, 0.2) is 71.9 Å². The Morgan fingerprint density at radius 1 is 0.871 bits per heavy atom. The number of para-hydroxylation sites is 1. The van der Waals surface area contributed by atoms with Crippen LogP contribution in [0.5, 0.6) is 0 Å². The molecule has 6 nitrogen and oxygen atoms in total. The van der Waals surface area contributed by atoms with Gasteiger partial charge in [0.1, 0.15) is 0 Å². The summed E-state index contributed by atoms with van der Waals surface area (Å²) in [5.74, 6) is 0.770. The van der Waals surface area contributed by atoms with E-state index in [2.05, 4.69) is 49.9 Å². The van der Waals surface area contributed by atoms with Gasteiger partial charge < -0.3 is 10.6 Å². The summed E-state index contributed by atoms with van der Waals surface area (Å²) in [7, 11) is 1.79. The molecule has 0 aliphatic carbocycles. The third kappa shape index (κ3) is 6.18. The van der Waals surface area contributed by atoms with Gasteiger partial charge in [-0.3, -0.25) is 9.89 Å². The Balaban J connectivity index is 1.24. The van der Waals surface area contributed by atoms with E-state index in [9.17, 15) is 0 Å². The summed E-state index contributed by atoms with van der Waals surface area (Å²) in [4.78, 5) is 6.89. The molecule has 2 heterocycles. The van der Waals surface area contributed by atoms with Crippen LogP contribution in [0.3, 0.4) is 0 Å². The molecule has 2 N–H and O–H groups in total. The highest BCUT2D eigenvalue weighted by Crippen LogP contribution is 2.13. The molecule has 1 aliphatic rings. The van der Waals surface area contributed by atoms with E-state index in [0.717, 1.165) is 30.4 Å². The number of benzene rings is 2. The van der Waals surface area contributed by atoms with Gasteiger partial charge in [-0.25, -0.2) is 4.68 Å². The molecule has 1 aliphatic heterocycles. The van der Waals surface area contributed by atoms with Crippen LogP contribution >= 0.6 is 0 Å². The van der Waals surface area contributed by atoms with Gasteiger partial charge in [0.25, 0.3) is 0 Å². The highest BCUT2D eigenvalue weighted by atomic mass is 15.3. The summed E-state index contributed by atoms with van der Waals surface area (Å²) in [6, 6.07) is 21.1. The van der Waals surface area contributed by atoms with E-state index in [1.54, 1.807) is 7.05 Å². The lowest BCUT2D eigenvalue weighted by atomic mass is 10.1. The van der Waals surface area contributed by atoms with E-state index in [-0.39, 0.29) is 0 Å². The summed E-state index contributed by atoms with van der Waals surface area (Å²) in [5.41, 5.74) is 4.66. The average molecular weight is 417 g/mol. The molecule has 6 heteroatoms. The molecule has 1 fully saturated rings. The molecule has 0 atom stereocenters. The van der Waals surface area contributed by atoms with Crippen LogP contribution < -0.4 is 10.6 Å². The van der Waals surface area contributed by atoms with Crippen LogP contribution in [0.1, 0.15) is 36.1 Å². The van der Waals surface area contributed by atoms with E-state index in [0.29, 0.717) is 6.54 Å². The highest BCUT2D eigenvalue weighted by molar-refractivity contribution is 5.79. The number of hydrogen-bond donors (Lipinski definition) is 2. The van der Waals surface area contributed by atoms with Crippen molar-refractivity contribution in [1.82, 2.24) is 25.3 Å². The molecule has 0 amide bonds. The first kappa shape index (κ1) is 21.1. The van der Waals surface area contributed by atoms with Crippen LogP contribution in [0.2, 0.25) is 0 Å². The molecule has 162 valence electrons. The summed E-state index contributed by atoms with van der Waals surface area (Å²) < 4.78 is 1.89. The predicted molar refractivity (Wildman–Crippen MR) is 126 cm³/mol. The average Bonchev–Trinajstić information content (AvgIpc) is 3.31. The molecule has 0 saturated carbocycles. The minimum Gasteiger partial charge on any atom is -0.352 e. The maximum absolute atomic E-state index is 4.63. The second-order valence-electron chi connectivity index (χ2n) is 8.02. The van der Waals surface area contributed by atoms with Crippen molar-refractivity contribution < 1.29 is 0 Å². The van der Waals surface area contributed by atoms with E-state index in [1.807, 2.05) is 47.3 Å². The Labute approximate surface area is 185 Å². The second-order valence-corrected chi connectivity index (χ2v) is 8.02. The minimum absolute atomic E-state index is 0.619. The molecule has 0 radical (unpaired) electrons. The van der Waals surface area contributed by atoms with Gasteiger partial charge in [-0.1, -0.05) is 48.9 Å². The fourth-order valence-corrected chi connectivity index (χ4v) is 3.90. The van der Waals surface area contributed by atoms with E-state index in [1.165, 1.54) is 43.5 Å². The van der Waals surface area contributed by atoms with Gasteiger partial charge in [0, 0.05) is 26.3 Å². The zero-order valence-electron chi connectivity index (χ0n) is 18.3. The van der Waals surface area contributed by atoms with E-state index in [4.69, 9.17) is 0 Å². The second kappa shape index (κ2) is 10.8. The molecule has 1 saturated heterocycles. The van der Waals surface area contributed by atoms with E-state index < -0.39 is 0 Å². The molecule has 1 aromatic heterocycles. The number of likely N-dealkylation sites (tertiary alicyclic amines) is 1. The van der Waals surface area contributed by atoms with Crippen molar-refractivity contribution in [2.24, 2.45) is 4.99 Å². The summed E-state index contributed by atoms with van der Waals surface area (Å²) in [6.07, 6.45) is 6.03. The van der Waals surface area contributed by atoms with Crippen LogP contribution in [0, 0.1) is 0 Å². The zero-order chi connectivity index (χ0) is 21.3. The van der Waals surface area contributed by atoms with Crippen LogP contribution in [-0.2, 0) is 19.6 Å². The quantitative estimate of drug-likeness (QED) is 0.455. The fourth-order valence-electron chi connectivity index (χ4n) is 3.90. The van der Waals surface area contributed by atoms with Crippen LogP contribution in [0.25, 0.3) is 5.69 Å². The Bertz CT molecular complexity index is 955. The summed E-state index contributed by atoms with van der Waals surface area (Å²) in [6.45, 7) is 4.88. The molecule has 0 bridgehead atoms. The van der Waals surface area contributed by atoms with Gasteiger partial charge in [0.05, 0.1) is 17.9 Å². The fraction of sp³-hybridized carbons (Fsp3) is 0.360. The van der Waals surface area contributed by atoms with Gasteiger partial charge in [-0.05, 0) is 55.3 Å². The number of hydrogen-bond acceptors (Lipinski definition) is 3. The molecule has 4 rings (SSSR count). The topological polar surface area (TPSA) is 57.5 Å². The predicted octanol–water partition coefficient (Wildman–Crippen LogP) is 3.72. The van der Waals surface area contributed by atoms with Gasteiger partial charge >= 0.3 is 0 Å². The third-order valence-corrected chi connectivity index (χ3v) is 5.66. The van der Waals surface area contributed by atoms with E-state index >= 15 is 0 Å². The maximum atomic E-state index is 4.63. The van der Waals surface area contributed by atoms with Gasteiger partial charge in [0.2, 0.25) is 0 Å². The Morgan fingerprint density at radius 2 is 1.58 bits per heavy atom. The van der Waals surface area contributed by atoms with Crippen molar-refractivity contribution in [3.05, 3.63) is 83.7 Å². The molecule has 0 unspecified atom stereocenters. The minimum atomic E-state index is 0.619. The van der Waals surface area contributed by atoms with Crippen molar-refractivity contribution in [3.8, 4) is 5.69 Å². The van der Waals surface area contributed by atoms with Crippen molar-refractivity contribution >= 4 is 5.96 Å². The molecule has 31 heavy (non-hydrogen) atoms.